The molecule has 4 N–H and O–H groups in total. The molecule has 1 fully saturated rings. The molecule has 3 heterocycles. The van der Waals surface area contributed by atoms with Crippen LogP contribution in [0.3, 0.4) is 0 Å². The summed E-state index contributed by atoms with van der Waals surface area (Å²) in [4.78, 5) is 38.9. The van der Waals surface area contributed by atoms with Crippen molar-refractivity contribution in [1.82, 2.24) is 29.7 Å². The Kier molecular flexibility index (Phi) is 13.7. The largest absolute Gasteiger partial charge is 0.476 e. The van der Waals surface area contributed by atoms with Gasteiger partial charge in [-0.15, -0.1) is 0 Å². The van der Waals surface area contributed by atoms with Gasteiger partial charge < -0.3 is 33.7 Å². The highest BCUT2D eigenvalue weighted by atomic mass is 31.2. The summed E-state index contributed by atoms with van der Waals surface area (Å²) in [5.41, 5.74) is -1.23. The van der Waals surface area contributed by atoms with E-state index in [0.717, 1.165) is 0 Å². The van der Waals surface area contributed by atoms with Gasteiger partial charge in [-0.3, -0.25) is 18.7 Å². The van der Waals surface area contributed by atoms with Gasteiger partial charge in [0.05, 0.1) is 32.8 Å². The second kappa shape index (κ2) is 16.6. The monoisotopic (exact) mass is 686 g/mol. The number of fused-ring (bicyclic) bond motifs is 1. The molecule has 0 radical (unpaired) electrons. The van der Waals surface area contributed by atoms with Gasteiger partial charge in [0.15, 0.2) is 17.4 Å². The number of aromatic nitrogens is 4. The van der Waals surface area contributed by atoms with Crippen molar-refractivity contribution in [3.05, 3.63) is 12.2 Å². The van der Waals surface area contributed by atoms with Crippen LogP contribution in [-0.4, -0.2) is 98.0 Å². The Morgan fingerprint density at radius 3 is 2.06 bits per heavy atom. The standard InChI is InChI=1S/C30H51N6O10P/c1-10-42-26-23-25(32-19(8)33-26)36(16-31-23)29-30(9,40)24(37)22(46-29)15-45-47(41,34-20(13-17(4)5)27(38)43-11-2)35-21(14-18(6)7)28(39)44-12-3/h16-18,20-22,24,29,37,40H,10-15H2,1-9H3,(H2,34,35,41)/t20?,21?,22-,24+,29-,30?,47?/m1/s1. The van der Waals surface area contributed by atoms with Gasteiger partial charge in [-0.1, -0.05) is 27.7 Å². The topological polar surface area (TPSA) is 205 Å². The number of rotatable bonds is 18. The minimum Gasteiger partial charge on any atom is -0.476 e. The Morgan fingerprint density at radius 2 is 1.57 bits per heavy atom. The zero-order valence-corrected chi connectivity index (χ0v) is 29.7. The van der Waals surface area contributed by atoms with Gasteiger partial charge in [0.25, 0.3) is 0 Å². The second-order valence-corrected chi connectivity index (χ2v) is 14.4. The normalized spacial score (nSPS) is 24.0. The van der Waals surface area contributed by atoms with Crippen molar-refractivity contribution in [2.24, 2.45) is 11.8 Å². The number of hydrogen-bond donors (Lipinski definition) is 4. The summed E-state index contributed by atoms with van der Waals surface area (Å²) < 4.78 is 44.1. The van der Waals surface area contributed by atoms with Crippen molar-refractivity contribution >= 4 is 30.8 Å². The highest BCUT2D eigenvalue weighted by Crippen LogP contribution is 2.45. The summed E-state index contributed by atoms with van der Waals surface area (Å²) in [7, 11) is -4.29. The van der Waals surface area contributed by atoms with Crippen molar-refractivity contribution in [2.45, 2.75) is 111 Å². The summed E-state index contributed by atoms with van der Waals surface area (Å²) in [6.45, 7) is 15.8. The number of aryl methyl sites for hydroxylation is 1. The molecule has 3 unspecified atom stereocenters. The SMILES string of the molecule is CCOC(=O)C(CC(C)C)NP(=O)(NC(CC(C)C)C(=O)OCC)OC[C@H]1O[C@@H](n2cnc3c(OCC)nc(C)nc32)C(C)(O)[C@H]1O. The third-order valence-electron chi connectivity index (χ3n) is 7.42. The number of hydrogen-bond acceptors (Lipinski definition) is 13. The number of ether oxygens (including phenoxy) is 4. The number of esters is 2. The Morgan fingerprint density at radius 1 is 1.02 bits per heavy atom. The third kappa shape index (κ3) is 9.68. The van der Waals surface area contributed by atoms with Crippen LogP contribution in [0.4, 0.5) is 0 Å². The van der Waals surface area contributed by atoms with Crippen LogP contribution < -0.4 is 14.9 Å². The lowest BCUT2D eigenvalue weighted by Gasteiger charge is -2.30. The molecule has 2 aromatic rings. The molecule has 1 saturated heterocycles. The quantitative estimate of drug-likeness (QED) is 0.131. The third-order valence-corrected chi connectivity index (χ3v) is 9.23. The number of aliphatic hydroxyl groups excluding tert-OH is 1. The molecule has 0 aliphatic carbocycles. The maximum atomic E-state index is 14.6. The van der Waals surface area contributed by atoms with Crippen molar-refractivity contribution < 1.29 is 47.8 Å². The zero-order valence-electron chi connectivity index (χ0n) is 28.8. The summed E-state index contributed by atoms with van der Waals surface area (Å²) in [6.07, 6.45) is -2.03. The van der Waals surface area contributed by atoms with Gasteiger partial charge in [0.2, 0.25) is 5.88 Å². The van der Waals surface area contributed by atoms with E-state index in [1.165, 1.54) is 17.8 Å². The minimum absolute atomic E-state index is 0.00147. The highest BCUT2D eigenvalue weighted by Gasteiger charge is 2.54. The molecular formula is C30H51N6O10P. The van der Waals surface area contributed by atoms with Gasteiger partial charge in [0, 0.05) is 0 Å². The summed E-state index contributed by atoms with van der Waals surface area (Å²) in [6, 6.07) is -2.11. The van der Waals surface area contributed by atoms with Crippen LogP contribution in [0, 0.1) is 18.8 Å². The number of carbonyl (C=O) groups is 2. The predicted molar refractivity (Wildman–Crippen MR) is 171 cm³/mol. The van der Waals surface area contributed by atoms with Crippen LogP contribution in [0.15, 0.2) is 6.33 Å². The average molecular weight is 687 g/mol. The molecule has 47 heavy (non-hydrogen) atoms. The van der Waals surface area contributed by atoms with E-state index in [9.17, 15) is 24.4 Å². The van der Waals surface area contributed by atoms with Crippen molar-refractivity contribution in [1.29, 1.82) is 0 Å². The van der Waals surface area contributed by atoms with Crippen molar-refractivity contribution in [3.8, 4) is 5.88 Å². The fraction of sp³-hybridized carbons (Fsp3) is 0.767. The van der Waals surface area contributed by atoms with Gasteiger partial charge in [-0.05, 0) is 59.3 Å². The van der Waals surface area contributed by atoms with Crippen LogP contribution in [-0.2, 0) is 32.9 Å². The first-order valence-corrected chi connectivity index (χ1v) is 17.7. The fourth-order valence-electron chi connectivity index (χ4n) is 5.31. The molecule has 17 heteroatoms. The molecule has 6 atom stereocenters. The van der Waals surface area contributed by atoms with E-state index in [1.54, 1.807) is 20.8 Å². The second-order valence-electron chi connectivity index (χ2n) is 12.5. The predicted octanol–water partition coefficient (Wildman–Crippen LogP) is 2.80. The van der Waals surface area contributed by atoms with E-state index in [-0.39, 0.29) is 43.8 Å². The number of nitrogens with one attached hydrogen (secondary N) is 2. The highest BCUT2D eigenvalue weighted by molar-refractivity contribution is 7.54. The maximum absolute atomic E-state index is 14.6. The van der Waals surface area contributed by atoms with Gasteiger partial charge in [-0.25, -0.2) is 20.1 Å². The lowest BCUT2D eigenvalue weighted by Crippen LogP contribution is -2.47. The molecule has 0 amide bonds. The van der Waals surface area contributed by atoms with Crippen LogP contribution in [0.5, 0.6) is 5.88 Å². The van der Waals surface area contributed by atoms with E-state index < -0.39 is 62.3 Å². The number of carbonyl (C=O) groups excluding carboxylic acids is 2. The molecule has 0 aromatic carbocycles. The number of nitrogens with zero attached hydrogens (tertiary/aromatic N) is 4. The first-order chi connectivity index (χ1) is 22.1. The van der Waals surface area contributed by atoms with Crippen molar-refractivity contribution in [3.63, 3.8) is 0 Å². The number of aliphatic hydroxyl groups is 2. The van der Waals surface area contributed by atoms with E-state index in [0.29, 0.717) is 23.6 Å². The van der Waals surface area contributed by atoms with Crippen LogP contribution in [0.1, 0.15) is 80.3 Å². The molecule has 1 aliphatic rings. The lowest BCUT2D eigenvalue weighted by molar-refractivity contribution is -0.146. The Hall–Kier alpha value is -2.72. The zero-order chi connectivity index (χ0) is 35.1. The smallest absolute Gasteiger partial charge is 0.342 e. The Labute approximate surface area is 275 Å². The van der Waals surface area contributed by atoms with Gasteiger partial charge in [-0.2, -0.15) is 4.98 Å². The molecule has 0 bridgehead atoms. The molecular weight excluding hydrogens is 635 g/mol. The summed E-state index contributed by atoms with van der Waals surface area (Å²) in [5.74, 6) is -0.621. The van der Waals surface area contributed by atoms with E-state index in [1.807, 2.05) is 34.6 Å². The first-order valence-electron chi connectivity index (χ1n) is 16.1. The molecule has 1 aliphatic heterocycles. The molecule has 0 saturated carbocycles. The number of imidazole rings is 1. The Balaban J connectivity index is 1.94. The van der Waals surface area contributed by atoms with Crippen molar-refractivity contribution in [2.75, 3.05) is 26.4 Å². The lowest BCUT2D eigenvalue weighted by atomic mass is 9.96. The van der Waals surface area contributed by atoms with Crippen LogP contribution in [0.25, 0.3) is 11.2 Å². The minimum atomic E-state index is -4.29. The fourth-order valence-corrected chi connectivity index (χ4v) is 7.14. The summed E-state index contributed by atoms with van der Waals surface area (Å²) >= 11 is 0. The van der Waals surface area contributed by atoms with E-state index in [4.69, 9.17) is 23.5 Å². The van der Waals surface area contributed by atoms with E-state index >= 15 is 0 Å². The van der Waals surface area contributed by atoms with Crippen LogP contribution in [0.2, 0.25) is 0 Å². The maximum Gasteiger partial charge on any atom is 0.342 e. The molecule has 3 rings (SSSR count). The summed E-state index contributed by atoms with van der Waals surface area (Å²) in [5, 5.41) is 28.3. The van der Waals surface area contributed by atoms with Crippen LogP contribution >= 0.6 is 7.67 Å². The Bertz CT molecular complexity index is 1360. The molecule has 2 aromatic heterocycles. The van der Waals surface area contributed by atoms with E-state index in [2.05, 4.69) is 25.1 Å². The van der Waals surface area contributed by atoms with Gasteiger partial charge in [0.1, 0.15) is 35.7 Å². The molecule has 266 valence electrons. The van der Waals surface area contributed by atoms with Gasteiger partial charge >= 0.3 is 19.6 Å². The first kappa shape index (κ1) is 38.7. The molecule has 16 nitrogen and oxygen atoms in total. The average Bonchev–Trinajstić information content (AvgIpc) is 3.48. The molecule has 0 spiro atoms.